The summed E-state index contributed by atoms with van der Waals surface area (Å²) in [6, 6.07) is 3.70. The van der Waals surface area contributed by atoms with Gasteiger partial charge in [-0.3, -0.25) is 4.90 Å². The fourth-order valence-electron chi connectivity index (χ4n) is 3.64. The van der Waals surface area contributed by atoms with Crippen LogP contribution in [-0.4, -0.2) is 66.9 Å². The van der Waals surface area contributed by atoms with Crippen LogP contribution >= 0.6 is 0 Å². The monoisotopic (exact) mass is 365 g/mol. The lowest BCUT2D eigenvalue weighted by Crippen LogP contribution is -2.51. The number of hydrogen-bond donors (Lipinski definition) is 1. The van der Waals surface area contributed by atoms with Crippen LogP contribution in [0.5, 0.6) is 0 Å². The van der Waals surface area contributed by atoms with Gasteiger partial charge in [-0.25, -0.2) is 9.59 Å². The van der Waals surface area contributed by atoms with Gasteiger partial charge in [0.15, 0.2) is 5.60 Å². The number of furan rings is 1. The maximum atomic E-state index is 12.6. The number of nitrogens with zero attached hydrogens (tertiary/aromatic N) is 2. The molecule has 1 aromatic heterocycles. The minimum atomic E-state index is -0.608. The molecule has 3 heterocycles. The maximum absolute atomic E-state index is 12.6. The van der Waals surface area contributed by atoms with Crippen LogP contribution in [0, 0.1) is 0 Å². The van der Waals surface area contributed by atoms with Gasteiger partial charge in [0, 0.05) is 32.5 Å². The maximum Gasteiger partial charge on any atom is 0.509 e. The van der Waals surface area contributed by atoms with Crippen molar-refractivity contribution >= 4 is 12.2 Å². The number of piperidine rings is 1. The Balaban J connectivity index is 1.53. The molecule has 1 N–H and O–H groups in total. The lowest BCUT2D eigenvalue weighted by Gasteiger charge is -2.36. The summed E-state index contributed by atoms with van der Waals surface area (Å²) in [5.41, 5.74) is -0.550. The van der Waals surface area contributed by atoms with Crippen molar-refractivity contribution in [1.29, 1.82) is 0 Å². The summed E-state index contributed by atoms with van der Waals surface area (Å²) < 4.78 is 15.8. The predicted octanol–water partition coefficient (Wildman–Crippen LogP) is 2.37. The Labute approximate surface area is 153 Å². The molecular weight excluding hydrogens is 338 g/mol. The van der Waals surface area contributed by atoms with Crippen LogP contribution in [0.3, 0.4) is 0 Å². The fraction of sp³-hybridized carbons (Fsp3) is 0.667. The molecule has 1 atom stereocenters. The Morgan fingerprint density at radius 1 is 1.35 bits per heavy atom. The molecule has 2 saturated heterocycles. The first-order chi connectivity index (χ1) is 12.6. The Bertz CT molecular complexity index is 606. The lowest BCUT2D eigenvalue weighted by molar-refractivity contribution is 0.00918. The first kappa shape index (κ1) is 18.6. The molecule has 1 spiro atoms. The number of amides is 2. The number of carbonyl (C=O) groups excluding carboxylic acids is 2. The summed E-state index contributed by atoms with van der Waals surface area (Å²) in [6.45, 7) is 7.77. The van der Waals surface area contributed by atoms with Gasteiger partial charge in [-0.05, 0) is 25.2 Å². The van der Waals surface area contributed by atoms with Crippen molar-refractivity contribution in [2.45, 2.75) is 38.3 Å². The zero-order valence-corrected chi connectivity index (χ0v) is 15.4. The van der Waals surface area contributed by atoms with Crippen molar-refractivity contribution in [2.75, 3.05) is 39.3 Å². The van der Waals surface area contributed by atoms with E-state index in [0.717, 1.165) is 18.8 Å². The highest BCUT2D eigenvalue weighted by atomic mass is 16.8. The summed E-state index contributed by atoms with van der Waals surface area (Å²) in [7, 11) is 0. The van der Waals surface area contributed by atoms with Gasteiger partial charge in [-0.15, -0.1) is 0 Å². The van der Waals surface area contributed by atoms with E-state index in [0.29, 0.717) is 32.5 Å². The third-order valence-corrected chi connectivity index (χ3v) is 5.29. The molecule has 2 aliphatic rings. The van der Waals surface area contributed by atoms with E-state index in [-0.39, 0.29) is 18.7 Å². The Morgan fingerprint density at radius 2 is 2.08 bits per heavy atom. The highest BCUT2D eigenvalue weighted by Gasteiger charge is 2.45. The zero-order valence-electron chi connectivity index (χ0n) is 15.4. The van der Waals surface area contributed by atoms with Gasteiger partial charge >= 0.3 is 12.2 Å². The fourth-order valence-corrected chi connectivity index (χ4v) is 3.64. The van der Waals surface area contributed by atoms with E-state index in [2.05, 4.69) is 24.1 Å². The van der Waals surface area contributed by atoms with Gasteiger partial charge in [0.25, 0.3) is 0 Å². The second-order valence-electron chi connectivity index (χ2n) is 6.75. The van der Waals surface area contributed by atoms with E-state index >= 15 is 0 Å². The average Bonchev–Trinajstić information content (AvgIpc) is 3.29. The van der Waals surface area contributed by atoms with Gasteiger partial charge in [-0.2, -0.15) is 0 Å². The molecule has 1 aromatic rings. The van der Waals surface area contributed by atoms with Crippen LogP contribution in [0.4, 0.5) is 9.59 Å². The molecule has 8 heteroatoms. The minimum Gasteiger partial charge on any atom is -0.468 e. The van der Waals surface area contributed by atoms with Gasteiger partial charge in [0.2, 0.25) is 0 Å². The van der Waals surface area contributed by atoms with Crippen LogP contribution in [-0.2, 0) is 9.47 Å². The molecule has 2 amide bonds. The number of likely N-dealkylation sites (N-methyl/N-ethyl adjacent to an activating group) is 1. The molecule has 0 bridgehead atoms. The first-order valence-corrected chi connectivity index (χ1v) is 9.23. The van der Waals surface area contributed by atoms with E-state index in [9.17, 15) is 9.59 Å². The van der Waals surface area contributed by atoms with E-state index in [1.54, 1.807) is 11.2 Å². The number of urea groups is 1. The van der Waals surface area contributed by atoms with Crippen molar-refractivity contribution in [1.82, 2.24) is 15.1 Å². The number of carbonyl (C=O) groups is 2. The minimum absolute atomic E-state index is 0.00395. The molecule has 0 aromatic carbocycles. The molecule has 0 radical (unpaired) electrons. The van der Waals surface area contributed by atoms with Gasteiger partial charge in [0.05, 0.1) is 12.3 Å². The van der Waals surface area contributed by atoms with Crippen molar-refractivity contribution in [3.63, 3.8) is 0 Å². The summed E-state index contributed by atoms with van der Waals surface area (Å²) >= 11 is 0. The van der Waals surface area contributed by atoms with Crippen molar-refractivity contribution < 1.29 is 23.5 Å². The highest BCUT2D eigenvalue weighted by molar-refractivity contribution is 5.74. The topological polar surface area (TPSA) is 84.2 Å². The third-order valence-electron chi connectivity index (χ3n) is 5.29. The van der Waals surface area contributed by atoms with Gasteiger partial charge < -0.3 is 24.1 Å². The Morgan fingerprint density at radius 3 is 2.62 bits per heavy atom. The van der Waals surface area contributed by atoms with Crippen molar-refractivity contribution in [2.24, 2.45) is 0 Å². The molecule has 0 unspecified atom stereocenters. The van der Waals surface area contributed by atoms with Crippen LogP contribution in [0.1, 0.15) is 38.5 Å². The standard InChI is InChI=1S/C18H27N3O5/c1-3-20(4-2)14(15-6-5-11-24-15)12-19-16(22)21-9-7-18(8-10-21)13-25-17(23)26-18/h5-6,11,14H,3-4,7-10,12-13H2,1-2H3,(H,19,22)/t14-/m0/s1. The number of rotatable bonds is 6. The van der Waals surface area contributed by atoms with Gasteiger partial charge in [-0.1, -0.05) is 13.8 Å². The van der Waals surface area contributed by atoms with Crippen LogP contribution in [0.2, 0.25) is 0 Å². The Hall–Kier alpha value is -2.22. The van der Waals surface area contributed by atoms with Crippen LogP contribution in [0.25, 0.3) is 0 Å². The van der Waals surface area contributed by atoms with E-state index in [1.807, 2.05) is 12.1 Å². The quantitative estimate of drug-likeness (QED) is 0.779. The Kier molecular flexibility index (Phi) is 5.70. The molecule has 26 heavy (non-hydrogen) atoms. The number of likely N-dealkylation sites (tertiary alicyclic amines) is 1. The molecule has 2 aliphatic heterocycles. The third kappa shape index (κ3) is 3.95. The molecule has 2 fully saturated rings. The van der Waals surface area contributed by atoms with Crippen molar-refractivity contribution in [3.8, 4) is 0 Å². The van der Waals surface area contributed by atoms with Crippen LogP contribution < -0.4 is 5.32 Å². The molecule has 0 aliphatic carbocycles. The first-order valence-electron chi connectivity index (χ1n) is 9.23. The second kappa shape index (κ2) is 7.99. The van der Waals surface area contributed by atoms with Crippen LogP contribution in [0.15, 0.2) is 22.8 Å². The molecule has 144 valence electrons. The molecule has 0 saturated carbocycles. The summed E-state index contributed by atoms with van der Waals surface area (Å²) in [5, 5.41) is 3.02. The lowest BCUT2D eigenvalue weighted by atomic mass is 9.92. The summed E-state index contributed by atoms with van der Waals surface area (Å²) in [5.74, 6) is 0.849. The van der Waals surface area contributed by atoms with Crippen molar-refractivity contribution in [3.05, 3.63) is 24.2 Å². The molecule has 3 rings (SSSR count). The number of hydrogen-bond acceptors (Lipinski definition) is 6. The van der Waals surface area contributed by atoms with E-state index < -0.39 is 11.8 Å². The smallest absolute Gasteiger partial charge is 0.468 e. The molecule has 8 nitrogen and oxygen atoms in total. The zero-order chi connectivity index (χ0) is 18.6. The molecular formula is C18H27N3O5. The number of ether oxygens (including phenoxy) is 2. The number of cyclic esters (lactones) is 1. The highest BCUT2D eigenvalue weighted by Crippen LogP contribution is 2.31. The van der Waals surface area contributed by atoms with E-state index in [4.69, 9.17) is 13.9 Å². The number of nitrogens with one attached hydrogen (secondary N) is 1. The van der Waals surface area contributed by atoms with E-state index in [1.165, 1.54) is 0 Å². The van der Waals surface area contributed by atoms with Gasteiger partial charge in [0.1, 0.15) is 12.4 Å². The normalized spacial score (nSPS) is 20.1. The summed E-state index contributed by atoms with van der Waals surface area (Å²) in [6.07, 6.45) is 2.25. The second-order valence-corrected chi connectivity index (χ2v) is 6.75. The average molecular weight is 365 g/mol. The predicted molar refractivity (Wildman–Crippen MR) is 93.7 cm³/mol. The SMILES string of the molecule is CCN(CC)[C@@H](CNC(=O)N1CCC2(CC1)COC(=O)O2)c1ccco1. The summed E-state index contributed by atoms with van der Waals surface area (Å²) in [4.78, 5) is 27.8. The largest absolute Gasteiger partial charge is 0.509 e.